The molecule has 0 fully saturated rings. The fourth-order valence-electron chi connectivity index (χ4n) is 1.23. The van der Waals surface area contributed by atoms with Crippen molar-refractivity contribution in [3.05, 3.63) is 0 Å². The first-order valence-electron chi connectivity index (χ1n) is 6.05. The summed E-state index contributed by atoms with van der Waals surface area (Å²) in [7, 11) is 0. The molecule has 0 heterocycles. The summed E-state index contributed by atoms with van der Waals surface area (Å²) in [6.45, 7) is 7.11. The molecular formula is C12H25NO2. The van der Waals surface area contributed by atoms with Crippen LogP contribution in [0, 0.1) is 0 Å². The van der Waals surface area contributed by atoms with Crippen LogP contribution >= 0.6 is 0 Å². The van der Waals surface area contributed by atoms with Gasteiger partial charge in [-0.3, -0.25) is 4.79 Å². The molecule has 1 N–H and O–H groups in total. The Morgan fingerprint density at radius 3 is 2.47 bits per heavy atom. The zero-order valence-electron chi connectivity index (χ0n) is 10.3. The van der Waals surface area contributed by atoms with Gasteiger partial charge in [0.25, 0.3) is 0 Å². The van der Waals surface area contributed by atoms with Gasteiger partial charge in [0, 0.05) is 6.04 Å². The lowest BCUT2D eigenvalue weighted by Crippen LogP contribution is -2.30. The SMILES string of the molecule is CCCCCCCOC(=O)CNC(C)C. The molecule has 0 atom stereocenters. The number of carbonyl (C=O) groups is 1. The standard InChI is InChI=1S/C12H25NO2/c1-4-5-6-7-8-9-15-12(14)10-13-11(2)3/h11,13H,4-10H2,1-3H3. The summed E-state index contributed by atoms with van der Waals surface area (Å²) in [5.41, 5.74) is 0. The molecule has 0 saturated carbocycles. The summed E-state index contributed by atoms with van der Waals surface area (Å²) in [6, 6.07) is 0.335. The molecule has 0 radical (unpaired) electrons. The van der Waals surface area contributed by atoms with Crippen molar-refractivity contribution in [3.8, 4) is 0 Å². The first kappa shape index (κ1) is 14.4. The molecular weight excluding hydrogens is 190 g/mol. The minimum atomic E-state index is -0.140. The Hall–Kier alpha value is -0.570. The van der Waals surface area contributed by atoms with Gasteiger partial charge in [0.05, 0.1) is 13.2 Å². The highest BCUT2D eigenvalue weighted by atomic mass is 16.5. The van der Waals surface area contributed by atoms with E-state index in [1.807, 2.05) is 13.8 Å². The van der Waals surface area contributed by atoms with E-state index >= 15 is 0 Å². The molecule has 0 aromatic heterocycles. The third-order valence-electron chi connectivity index (χ3n) is 2.17. The molecule has 0 aliphatic rings. The average molecular weight is 215 g/mol. The molecule has 0 unspecified atom stereocenters. The molecule has 90 valence electrons. The average Bonchev–Trinajstić information content (AvgIpc) is 2.20. The third-order valence-corrected chi connectivity index (χ3v) is 2.17. The van der Waals surface area contributed by atoms with Crippen molar-refractivity contribution in [2.45, 2.75) is 58.9 Å². The summed E-state index contributed by atoms with van der Waals surface area (Å²) >= 11 is 0. The Morgan fingerprint density at radius 1 is 1.20 bits per heavy atom. The van der Waals surface area contributed by atoms with Crippen LogP contribution in [0.2, 0.25) is 0 Å². The number of unbranched alkanes of at least 4 members (excludes halogenated alkanes) is 4. The van der Waals surface area contributed by atoms with Gasteiger partial charge in [-0.2, -0.15) is 0 Å². The molecule has 0 aromatic carbocycles. The van der Waals surface area contributed by atoms with Gasteiger partial charge in [-0.1, -0.05) is 46.5 Å². The molecule has 3 heteroatoms. The van der Waals surface area contributed by atoms with Crippen molar-refractivity contribution in [2.75, 3.05) is 13.2 Å². The lowest BCUT2D eigenvalue weighted by atomic mass is 10.2. The summed E-state index contributed by atoms with van der Waals surface area (Å²) in [5.74, 6) is -0.140. The van der Waals surface area contributed by atoms with Crippen LogP contribution in [-0.2, 0) is 9.53 Å². The van der Waals surface area contributed by atoms with Crippen molar-refractivity contribution >= 4 is 5.97 Å². The van der Waals surface area contributed by atoms with Crippen LogP contribution in [0.25, 0.3) is 0 Å². The zero-order valence-corrected chi connectivity index (χ0v) is 10.3. The van der Waals surface area contributed by atoms with E-state index in [0.29, 0.717) is 19.2 Å². The molecule has 0 aliphatic carbocycles. The van der Waals surface area contributed by atoms with E-state index in [0.717, 1.165) is 6.42 Å². The highest BCUT2D eigenvalue weighted by molar-refractivity contribution is 5.71. The molecule has 0 aliphatic heterocycles. The van der Waals surface area contributed by atoms with Crippen molar-refractivity contribution in [1.29, 1.82) is 0 Å². The van der Waals surface area contributed by atoms with E-state index in [4.69, 9.17) is 4.74 Å². The number of ether oxygens (including phenoxy) is 1. The maximum absolute atomic E-state index is 11.2. The lowest BCUT2D eigenvalue weighted by molar-refractivity contribution is -0.142. The van der Waals surface area contributed by atoms with Gasteiger partial charge < -0.3 is 10.1 Å². The van der Waals surface area contributed by atoms with E-state index in [-0.39, 0.29) is 5.97 Å². The highest BCUT2D eigenvalue weighted by Gasteiger charge is 2.02. The first-order chi connectivity index (χ1) is 7.16. The van der Waals surface area contributed by atoms with E-state index in [9.17, 15) is 4.79 Å². The largest absolute Gasteiger partial charge is 0.465 e. The second-order valence-electron chi connectivity index (χ2n) is 4.17. The fraction of sp³-hybridized carbons (Fsp3) is 0.917. The zero-order chi connectivity index (χ0) is 11.5. The second kappa shape index (κ2) is 9.97. The molecule has 0 aromatic rings. The lowest BCUT2D eigenvalue weighted by Gasteiger charge is -2.08. The minimum absolute atomic E-state index is 0.140. The Kier molecular flexibility index (Phi) is 9.59. The number of rotatable bonds is 9. The van der Waals surface area contributed by atoms with Crippen LogP contribution in [-0.4, -0.2) is 25.2 Å². The van der Waals surface area contributed by atoms with Gasteiger partial charge in [0.1, 0.15) is 0 Å². The summed E-state index contributed by atoms with van der Waals surface area (Å²) in [5, 5.41) is 3.03. The van der Waals surface area contributed by atoms with Crippen molar-refractivity contribution < 1.29 is 9.53 Å². The monoisotopic (exact) mass is 215 g/mol. The van der Waals surface area contributed by atoms with E-state index in [2.05, 4.69) is 12.2 Å². The summed E-state index contributed by atoms with van der Waals surface area (Å²) in [4.78, 5) is 11.2. The van der Waals surface area contributed by atoms with Gasteiger partial charge in [-0.15, -0.1) is 0 Å². The van der Waals surface area contributed by atoms with Crippen LogP contribution in [0.5, 0.6) is 0 Å². The van der Waals surface area contributed by atoms with Crippen LogP contribution in [0.1, 0.15) is 52.9 Å². The quantitative estimate of drug-likeness (QED) is 0.474. The minimum Gasteiger partial charge on any atom is -0.465 e. The topological polar surface area (TPSA) is 38.3 Å². The Balaban J connectivity index is 3.17. The number of nitrogens with one attached hydrogen (secondary N) is 1. The highest BCUT2D eigenvalue weighted by Crippen LogP contribution is 2.02. The molecule has 0 saturated heterocycles. The number of carbonyl (C=O) groups excluding carboxylic acids is 1. The maximum atomic E-state index is 11.2. The molecule has 15 heavy (non-hydrogen) atoms. The predicted molar refractivity (Wildman–Crippen MR) is 62.9 cm³/mol. The van der Waals surface area contributed by atoms with Crippen LogP contribution in [0.4, 0.5) is 0 Å². The maximum Gasteiger partial charge on any atom is 0.319 e. The second-order valence-corrected chi connectivity index (χ2v) is 4.17. The number of hydrogen-bond acceptors (Lipinski definition) is 3. The van der Waals surface area contributed by atoms with Crippen molar-refractivity contribution in [3.63, 3.8) is 0 Å². The number of hydrogen-bond donors (Lipinski definition) is 1. The van der Waals surface area contributed by atoms with Crippen molar-refractivity contribution in [2.24, 2.45) is 0 Å². The third kappa shape index (κ3) is 11.4. The van der Waals surface area contributed by atoms with Gasteiger partial charge in [0.2, 0.25) is 0 Å². The molecule has 0 amide bonds. The first-order valence-corrected chi connectivity index (χ1v) is 6.05. The number of esters is 1. The van der Waals surface area contributed by atoms with Gasteiger partial charge in [-0.25, -0.2) is 0 Å². The van der Waals surface area contributed by atoms with Gasteiger partial charge in [0.15, 0.2) is 0 Å². The van der Waals surface area contributed by atoms with E-state index in [1.165, 1.54) is 25.7 Å². The Bertz CT molecular complexity index is 158. The molecule has 0 rings (SSSR count). The van der Waals surface area contributed by atoms with Crippen LogP contribution in [0.3, 0.4) is 0 Å². The summed E-state index contributed by atoms with van der Waals surface area (Å²) < 4.78 is 5.07. The Morgan fingerprint density at radius 2 is 1.87 bits per heavy atom. The molecule has 0 spiro atoms. The molecule has 0 bridgehead atoms. The predicted octanol–water partition coefficient (Wildman–Crippen LogP) is 2.50. The fourth-order valence-corrected chi connectivity index (χ4v) is 1.23. The van der Waals surface area contributed by atoms with Gasteiger partial charge in [-0.05, 0) is 6.42 Å². The smallest absolute Gasteiger partial charge is 0.319 e. The van der Waals surface area contributed by atoms with E-state index in [1.54, 1.807) is 0 Å². The summed E-state index contributed by atoms with van der Waals surface area (Å²) in [6.07, 6.45) is 5.94. The normalized spacial score (nSPS) is 10.7. The van der Waals surface area contributed by atoms with Gasteiger partial charge >= 0.3 is 5.97 Å². The Labute approximate surface area is 93.6 Å². The van der Waals surface area contributed by atoms with Crippen LogP contribution < -0.4 is 5.32 Å². The molecule has 3 nitrogen and oxygen atoms in total. The van der Waals surface area contributed by atoms with E-state index < -0.39 is 0 Å². The van der Waals surface area contributed by atoms with Crippen LogP contribution in [0.15, 0.2) is 0 Å². The van der Waals surface area contributed by atoms with Crippen molar-refractivity contribution in [1.82, 2.24) is 5.32 Å².